The molecule has 41 heavy (non-hydrogen) atoms. The number of ether oxygens (including phenoxy) is 2. The van der Waals surface area contributed by atoms with Gasteiger partial charge in [0.1, 0.15) is 11.6 Å². The number of halogens is 3. The van der Waals surface area contributed by atoms with E-state index in [-0.39, 0.29) is 41.6 Å². The number of nitrogens with zero attached hydrogens (tertiary/aromatic N) is 2. The predicted octanol–water partition coefficient (Wildman–Crippen LogP) is 6.61. The van der Waals surface area contributed by atoms with Gasteiger partial charge in [-0.1, -0.05) is 56.5 Å². The molecule has 1 aliphatic heterocycles. The number of rotatable bonds is 6. The van der Waals surface area contributed by atoms with E-state index in [1.165, 1.54) is 21.9 Å². The van der Waals surface area contributed by atoms with Gasteiger partial charge in [0, 0.05) is 28.5 Å². The number of carbonyl (C=O) groups excluding carboxylic acids is 3. The van der Waals surface area contributed by atoms with Crippen LogP contribution in [0.3, 0.4) is 0 Å². The predicted molar refractivity (Wildman–Crippen MR) is 150 cm³/mol. The second kappa shape index (κ2) is 12.6. The first kappa shape index (κ1) is 32.0. The van der Waals surface area contributed by atoms with E-state index in [0.717, 1.165) is 30.5 Å². The first-order valence-electron chi connectivity index (χ1n) is 13.1. The zero-order valence-electron chi connectivity index (χ0n) is 24.0. The van der Waals surface area contributed by atoms with Crippen molar-refractivity contribution in [2.75, 3.05) is 26.7 Å². The highest BCUT2D eigenvalue weighted by Crippen LogP contribution is 2.42. The normalized spacial score (nSPS) is 16.0. The van der Waals surface area contributed by atoms with Crippen LogP contribution in [0.5, 0.6) is 0 Å². The van der Waals surface area contributed by atoms with E-state index in [0.29, 0.717) is 4.90 Å². The van der Waals surface area contributed by atoms with Crippen LogP contribution in [0.4, 0.5) is 18.0 Å². The zero-order chi connectivity index (χ0) is 30.7. The third kappa shape index (κ3) is 7.84. The van der Waals surface area contributed by atoms with Crippen molar-refractivity contribution >= 4 is 35.3 Å². The molecule has 2 aromatic carbocycles. The Labute approximate surface area is 242 Å². The van der Waals surface area contributed by atoms with Gasteiger partial charge in [0.15, 0.2) is 0 Å². The Balaban J connectivity index is 1.89. The number of alkyl halides is 3. The lowest BCUT2D eigenvalue weighted by atomic mass is 10.0. The van der Waals surface area contributed by atoms with Crippen LogP contribution in [0.2, 0.25) is 0 Å². The average Bonchev–Trinajstić information content (AvgIpc) is 2.90. The molecular weight excluding hydrogens is 557 g/mol. The maximum atomic E-state index is 14.2. The van der Waals surface area contributed by atoms with Crippen molar-refractivity contribution in [3.63, 3.8) is 0 Å². The molecule has 3 rings (SSSR count). The lowest BCUT2D eigenvalue weighted by Gasteiger charge is -2.40. The molecule has 1 atom stereocenters. The molecule has 0 aromatic heterocycles. The Morgan fingerprint density at radius 1 is 1.02 bits per heavy atom. The molecule has 1 unspecified atom stereocenters. The summed E-state index contributed by atoms with van der Waals surface area (Å²) < 4.78 is 52.9. The molecule has 0 radical (unpaired) electrons. The topological polar surface area (TPSA) is 76.2 Å². The van der Waals surface area contributed by atoms with Gasteiger partial charge in [-0.25, -0.2) is 9.59 Å². The second-order valence-corrected chi connectivity index (χ2v) is 12.0. The molecule has 0 bridgehead atoms. The molecule has 7 nitrogen and oxygen atoms in total. The van der Waals surface area contributed by atoms with Crippen LogP contribution in [-0.4, -0.2) is 66.2 Å². The maximum Gasteiger partial charge on any atom is 0.417 e. The monoisotopic (exact) mass is 592 g/mol. The van der Waals surface area contributed by atoms with Gasteiger partial charge in [-0.05, 0) is 56.0 Å². The van der Waals surface area contributed by atoms with E-state index in [1.54, 1.807) is 32.9 Å². The molecule has 2 amide bonds. The van der Waals surface area contributed by atoms with Crippen molar-refractivity contribution in [2.45, 2.75) is 68.1 Å². The smallest absolute Gasteiger partial charge is 0.417 e. The summed E-state index contributed by atoms with van der Waals surface area (Å²) in [6.45, 7) is 12.6. The summed E-state index contributed by atoms with van der Waals surface area (Å²) in [6.07, 6.45) is -5.35. The van der Waals surface area contributed by atoms with Crippen molar-refractivity contribution in [3.05, 3.63) is 65.7 Å². The highest BCUT2D eigenvalue weighted by atomic mass is 32.2. The fourth-order valence-electron chi connectivity index (χ4n) is 4.35. The van der Waals surface area contributed by atoms with Gasteiger partial charge < -0.3 is 19.3 Å². The number of hydrogen-bond acceptors (Lipinski definition) is 6. The molecule has 0 N–H and O–H groups in total. The van der Waals surface area contributed by atoms with Crippen molar-refractivity contribution in [2.24, 2.45) is 0 Å². The van der Waals surface area contributed by atoms with Crippen LogP contribution in [0.15, 0.2) is 58.8 Å². The van der Waals surface area contributed by atoms with Crippen LogP contribution in [0, 0.1) is 0 Å². The molecule has 0 spiro atoms. The van der Waals surface area contributed by atoms with Gasteiger partial charge in [-0.15, -0.1) is 0 Å². The third-order valence-corrected chi connectivity index (χ3v) is 7.59. The van der Waals surface area contributed by atoms with Crippen LogP contribution in [-0.2, 0) is 25.2 Å². The number of methoxy groups -OCH3 is 1. The summed E-state index contributed by atoms with van der Waals surface area (Å²) in [4.78, 5) is 41.8. The molecule has 222 valence electrons. The SMILES string of the molecule is C=C(C(=O)N1CCN(C(=O)OC(C)(C)C)CC1C(=O)OC)c1ccc(Sc2ccccc2C(C)C)c(C(F)(F)F)c1. The Hall–Kier alpha value is -3.47. The largest absolute Gasteiger partial charge is 0.467 e. The summed E-state index contributed by atoms with van der Waals surface area (Å²) in [5.74, 6) is -1.39. The quantitative estimate of drug-likeness (QED) is 0.278. The van der Waals surface area contributed by atoms with Crippen LogP contribution < -0.4 is 0 Å². The Kier molecular flexibility index (Phi) is 9.84. The molecular formula is C30H35F3N2O5S. The minimum Gasteiger partial charge on any atom is -0.467 e. The number of hydrogen-bond donors (Lipinski definition) is 0. The fraction of sp³-hybridized carbons (Fsp3) is 0.433. The molecule has 1 fully saturated rings. The fourth-order valence-corrected chi connectivity index (χ4v) is 5.58. The third-order valence-electron chi connectivity index (χ3n) is 6.42. The number of carbonyl (C=O) groups is 3. The summed E-state index contributed by atoms with van der Waals surface area (Å²) >= 11 is 1.01. The van der Waals surface area contributed by atoms with Crippen LogP contribution in [0.1, 0.15) is 57.2 Å². The molecule has 0 aliphatic carbocycles. The summed E-state index contributed by atoms with van der Waals surface area (Å²) in [5.41, 5.74) is -0.979. The summed E-state index contributed by atoms with van der Waals surface area (Å²) in [5, 5.41) is 0. The summed E-state index contributed by atoms with van der Waals surface area (Å²) in [6, 6.07) is 9.75. The van der Waals surface area contributed by atoms with Gasteiger partial charge in [0.25, 0.3) is 5.91 Å². The lowest BCUT2D eigenvalue weighted by Crippen LogP contribution is -2.60. The highest BCUT2D eigenvalue weighted by molar-refractivity contribution is 7.99. The average molecular weight is 593 g/mol. The van der Waals surface area contributed by atoms with Gasteiger partial charge >= 0.3 is 18.2 Å². The second-order valence-electron chi connectivity index (χ2n) is 10.9. The molecule has 11 heteroatoms. The van der Waals surface area contributed by atoms with Gasteiger partial charge in [-0.3, -0.25) is 4.79 Å². The van der Waals surface area contributed by atoms with Crippen LogP contribution >= 0.6 is 11.8 Å². The molecule has 0 saturated carbocycles. The van der Waals surface area contributed by atoms with E-state index >= 15 is 0 Å². The van der Waals surface area contributed by atoms with Gasteiger partial charge in [0.2, 0.25) is 0 Å². The summed E-state index contributed by atoms with van der Waals surface area (Å²) in [7, 11) is 1.15. The number of benzene rings is 2. The first-order valence-corrected chi connectivity index (χ1v) is 13.9. The Morgan fingerprint density at radius 2 is 1.68 bits per heavy atom. The minimum atomic E-state index is -4.69. The van der Waals surface area contributed by atoms with Crippen molar-refractivity contribution in [1.82, 2.24) is 9.80 Å². The highest BCUT2D eigenvalue weighted by Gasteiger charge is 2.40. The number of amides is 2. The van der Waals surface area contributed by atoms with E-state index in [4.69, 9.17) is 9.47 Å². The van der Waals surface area contributed by atoms with Crippen molar-refractivity contribution < 1.29 is 37.0 Å². The number of piperazine rings is 1. The van der Waals surface area contributed by atoms with E-state index in [2.05, 4.69) is 6.58 Å². The lowest BCUT2D eigenvalue weighted by molar-refractivity contribution is -0.154. The van der Waals surface area contributed by atoms with Gasteiger partial charge in [0.05, 0.1) is 19.2 Å². The van der Waals surface area contributed by atoms with E-state index < -0.39 is 41.4 Å². The Bertz CT molecular complexity index is 1320. The van der Waals surface area contributed by atoms with Crippen molar-refractivity contribution in [1.29, 1.82) is 0 Å². The molecule has 1 saturated heterocycles. The van der Waals surface area contributed by atoms with Crippen molar-refractivity contribution in [3.8, 4) is 0 Å². The molecule has 2 aromatic rings. The van der Waals surface area contributed by atoms with Gasteiger partial charge in [-0.2, -0.15) is 13.2 Å². The van der Waals surface area contributed by atoms with E-state index in [1.807, 2.05) is 26.0 Å². The van der Waals surface area contributed by atoms with Crippen LogP contribution in [0.25, 0.3) is 5.57 Å². The first-order chi connectivity index (χ1) is 19.0. The minimum absolute atomic E-state index is 0.00647. The zero-order valence-corrected chi connectivity index (χ0v) is 24.8. The Morgan fingerprint density at radius 3 is 2.27 bits per heavy atom. The standard InChI is InChI=1S/C30H35F3N2O5S/c1-18(2)21-10-8-9-11-24(21)41-25-13-12-20(16-22(25)30(31,32)33)19(3)26(36)35-15-14-34(17-23(35)27(37)39-7)28(38)40-29(4,5)6/h8-13,16,18,23H,3,14-15,17H2,1-2,4-7H3. The molecule has 1 heterocycles. The number of esters is 1. The molecule has 1 aliphatic rings. The maximum absolute atomic E-state index is 14.2. The van der Waals surface area contributed by atoms with E-state index in [9.17, 15) is 27.6 Å².